The van der Waals surface area contributed by atoms with Crippen LogP contribution in [0, 0.1) is 0 Å². The zero-order valence-corrected chi connectivity index (χ0v) is 10.3. The lowest BCUT2D eigenvalue weighted by Gasteiger charge is -2.05. The first kappa shape index (κ1) is 12.8. The molecule has 0 aromatic carbocycles. The first-order valence-corrected chi connectivity index (χ1v) is 5.94. The fourth-order valence-corrected chi connectivity index (χ4v) is 1.98. The average Bonchev–Trinajstić information content (AvgIpc) is 2.69. The molecule has 0 radical (unpaired) electrons. The van der Waals surface area contributed by atoms with Gasteiger partial charge >= 0.3 is 5.97 Å². The van der Waals surface area contributed by atoms with Crippen LogP contribution in [0.15, 0.2) is 17.8 Å². The van der Waals surface area contributed by atoms with Crippen LogP contribution >= 0.6 is 11.8 Å². The van der Waals surface area contributed by atoms with E-state index in [4.69, 9.17) is 0 Å². The van der Waals surface area contributed by atoms with E-state index in [1.807, 2.05) is 11.5 Å². The highest BCUT2D eigenvalue weighted by Crippen LogP contribution is 2.17. The molecule has 0 amide bonds. The van der Waals surface area contributed by atoms with E-state index in [0.717, 1.165) is 17.4 Å². The number of thioether (sulfide) groups is 1. The standard InChI is InChI=1S/C10H15N3O2S/c1-4-6-13-8(5-2)11-12-10(13)16-7-9(14)15-3/h4H,1,5-7H2,2-3H3. The Bertz CT molecular complexity index is 376. The average molecular weight is 241 g/mol. The summed E-state index contributed by atoms with van der Waals surface area (Å²) >= 11 is 1.32. The fraction of sp³-hybridized carbons (Fsp3) is 0.500. The molecule has 1 rings (SSSR count). The Morgan fingerprint density at radius 3 is 2.94 bits per heavy atom. The summed E-state index contributed by atoms with van der Waals surface area (Å²) in [5.74, 6) is 0.874. The molecule has 0 aliphatic heterocycles. The van der Waals surface area contributed by atoms with Gasteiger partial charge in [-0.25, -0.2) is 0 Å². The van der Waals surface area contributed by atoms with Gasteiger partial charge in [-0.2, -0.15) is 0 Å². The van der Waals surface area contributed by atoms with Crippen LogP contribution in [-0.4, -0.2) is 33.6 Å². The van der Waals surface area contributed by atoms with Crippen molar-refractivity contribution in [2.75, 3.05) is 12.9 Å². The first-order valence-electron chi connectivity index (χ1n) is 4.95. The van der Waals surface area contributed by atoms with Crippen molar-refractivity contribution >= 4 is 17.7 Å². The van der Waals surface area contributed by atoms with Gasteiger partial charge in [0.1, 0.15) is 5.82 Å². The molecule has 1 heterocycles. The lowest BCUT2D eigenvalue weighted by atomic mass is 10.4. The number of aromatic nitrogens is 3. The lowest BCUT2D eigenvalue weighted by Crippen LogP contribution is -2.06. The zero-order valence-electron chi connectivity index (χ0n) is 9.47. The number of methoxy groups -OCH3 is 1. The second kappa shape index (κ2) is 6.32. The Hall–Kier alpha value is -1.30. The highest BCUT2D eigenvalue weighted by Gasteiger charge is 2.11. The number of ether oxygens (including phenoxy) is 1. The number of rotatable bonds is 6. The van der Waals surface area contributed by atoms with Gasteiger partial charge in [0, 0.05) is 13.0 Å². The molecule has 0 aliphatic rings. The first-order chi connectivity index (χ1) is 7.72. The SMILES string of the molecule is C=CCn1c(CC)nnc1SCC(=O)OC. The van der Waals surface area contributed by atoms with Gasteiger partial charge in [-0.15, -0.1) is 16.8 Å². The van der Waals surface area contributed by atoms with Crippen molar-refractivity contribution in [1.29, 1.82) is 0 Å². The van der Waals surface area contributed by atoms with Gasteiger partial charge in [0.15, 0.2) is 5.16 Å². The molecule has 0 bridgehead atoms. The Labute approximate surface area is 98.9 Å². The van der Waals surface area contributed by atoms with Gasteiger partial charge in [0.25, 0.3) is 0 Å². The molecule has 1 aromatic heterocycles. The van der Waals surface area contributed by atoms with Crippen LogP contribution in [0.4, 0.5) is 0 Å². The minimum Gasteiger partial charge on any atom is -0.468 e. The van der Waals surface area contributed by atoms with Crippen LogP contribution in [0.2, 0.25) is 0 Å². The van der Waals surface area contributed by atoms with Crippen LogP contribution in [0.5, 0.6) is 0 Å². The molecule has 0 unspecified atom stereocenters. The van der Waals surface area contributed by atoms with E-state index in [2.05, 4.69) is 21.5 Å². The maximum absolute atomic E-state index is 11.0. The van der Waals surface area contributed by atoms with E-state index in [0.29, 0.717) is 6.54 Å². The minimum absolute atomic E-state index is 0.246. The molecule has 0 spiro atoms. The summed E-state index contributed by atoms with van der Waals surface area (Å²) in [5.41, 5.74) is 0. The van der Waals surface area contributed by atoms with Crippen LogP contribution in [-0.2, 0) is 22.5 Å². The van der Waals surface area contributed by atoms with Gasteiger partial charge in [-0.1, -0.05) is 24.8 Å². The molecule has 0 fully saturated rings. The van der Waals surface area contributed by atoms with Crippen LogP contribution in [0.3, 0.4) is 0 Å². The Kier molecular flexibility index (Phi) is 5.04. The highest BCUT2D eigenvalue weighted by atomic mass is 32.2. The smallest absolute Gasteiger partial charge is 0.316 e. The van der Waals surface area contributed by atoms with Crippen molar-refractivity contribution in [2.45, 2.75) is 25.0 Å². The topological polar surface area (TPSA) is 57.0 Å². The van der Waals surface area contributed by atoms with Crippen LogP contribution in [0.1, 0.15) is 12.7 Å². The number of nitrogens with zero attached hydrogens (tertiary/aromatic N) is 3. The normalized spacial score (nSPS) is 10.1. The largest absolute Gasteiger partial charge is 0.468 e. The summed E-state index contributed by atoms with van der Waals surface area (Å²) in [5, 5.41) is 8.81. The van der Waals surface area contributed by atoms with Crippen molar-refractivity contribution in [1.82, 2.24) is 14.8 Å². The number of carbonyl (C=O) groups is 1. The molecule has 1 aromatic rings. The number of allylic oxidation sites excluding steroid dienone is 1. The zero-order chi connectivity index (χ0) is 12.0. The van der Waals surface area contributed by atoms with E-state index in [-0.39, 0.29) is 11.7 Å². The van der Waals surface area contributed by atoms with E-state index in [1.54, 1.807) is 6.08 Å². The third-order valence-corrected chi connectivity index (χ3v) is 2.91. The third-order valence-electron chi connectivity index (χ3n) is 1.97. The van der Waals surface area contributed by atoms with Crippen LogP contribution < -0.4 is 0 Å². The summed E-state index contributed by atoms with van der Waals surface area (Å²) in [7, 11) is 1.37. The van der Waals surface area contributed by atoms with Crippen molar-refractivity contribution in [3.05, 3.63) is 18.5 Å². The second-order valence-electron chi connectivity index (χ2n) is 3.02. The lowest BCUT2D eigenvalue weighted by molar-refractivity contribution is -0.137. The van der Waals surface area contributed by atoms with Crippen molar-refractivity contribution < 1.29 is 9.53 Å². The van der Waals surface area contributed by atoms with Gasteiger partial charge in [-0.3, -0.25) is 4.79 Å². The second-order valence-corrected chi connectivity index (χ2v) is 3.96. The Morgan fingerprint density at radius 2 is 2.38 bits per heavy atom. The molecular weight excluding hydrogens is 226 g/mol. The minimum atomic E-state index is -0.267. The maximum Gasteiger partial charge on any atom is 0.316 e. The Balaban J connectivity index is 2.74. The number of aryl methyl sites for hydroxylation is 1. The molecular formula is C10H15N3O2S. The fourth-order valence-electron chi connectivity index (χ4n) is 1.18. The third kappa shape index (κ3) is 3.10. The molecule has 0 aliphatic carbocycles. The van der Waals surface area contributed by atoms with Crippen LogP contribution in [0.25, 0.3) is 0 Å². The van der Waals surface area contributed by atoms with E-state index in [1.165, 1.54) is 18.9 Å². The van der Waals surface area contributed by atoms with E-state index >= 15 is 0 Å². The van der Waals surface area contributed by atoms with Crippen molar-refractivity contribution in [2.24, 2.45) is 0 Å². The Morgan fingerprint density at radius 1 is 1.62 bits per heavy atom. The molecule has 5 nitrogen and oxygen atoms in total. The molecule has 0 saturated heterocycles. The van der Waals surface area contributed by atoms with Crippen molar-refractivity contribution in [3.63, 3.8) is 0 Å². The predicted molar refractivity (Wildman–Crippen MR) is 62.3 cm³/mol. The number of esters is 1. The summed E-state index contributed by atoms with van der Waals surface area (Å²) in [6.07, 6.45) is 2.59. The molecule has 0 saturated carbocycles. The number of carbonyl (C=O) groups excluding carboxylic acids is 1. The molecule has 16 heavy (non-hydrogen) atoms. The number of hydrogen-bond acceptors (Lipinski definition) is 5. The van der Waals surface area contributed by atoms with E-state index < -0.39 is 0 Å². The number of hydrogen-bond donors (Lipinski definition) is 0. The highest BCUT2D eigenvalue weighted by molar-refractivity contribution is 7.99. The predicted octanol–water partition coefficient (Wildman–Crippen LogP) is 1.29. The van der Waals surface area contributed by atoms with Gasteiger partial charge < -0.3 is 9.30 Å². The van der Waals surface area contributed by atoms with Gasteiger partial charge in [-0.05, 0) is 0 Å². The quantitative estimate of drug-likeness (QED) is 0.427. The monoisotopic (exact) mass is 241 g/mol. The summed E-state index contributed by atoms with van der Waals surface area (Å²) < 4.78 is 6.51. The van der Waals surface area contributed by atoms with E-state index in [9.17, 15) is 4.79 Å². The summed E-state index contributed by atoms with van der Waals surface area (Å²) in [6.45, 7) is 6.35. The molecule has 6 heteroatoms. The molecule has 0 N–H and O–H groups in total. The van der Waals surface area contributed by atoms with Gasteiger partial charge in [0.05, 0.1) is 12.9 Å². The molecule has 0 atom stereocenters. The summed E-state index contributed by atoms with van der Waals surface area (Å²) in [4.78, 5) is 11.0. The van der Waals surface area contributed by atoms with Crippen molar-refractivity contribution in [3.8, 4) is 0 Å². The summed E-state index contributed by atoms with van der Waals surface area (Å²) in [6, 6.07) is 0. The maximum atomic E-state index is 11.0. The molecule has 88 valence electrons. The van der Waals surface area contributed by atoms with Gasteiger partial charge in [0.2, 0.25) is 0 Å².